The van der Waals surface area contributed by atoms with E-state index < -0.39 is 0 Å². The Morgan fingerprint density at radius 1 is 1.40 bits per heavy atom. The first-order valence-electron chi connectivity index (χ1n) is 7.54. The van der Waals surface area contributed by atoms with Crippen LogP contribution in [0.25, 0.3) is 0 Å². The number of anilines is 1. The van der Waals surface area contributed by atoms with Crippen molar-refractivity contribution in [2.24, 2.45) is 0 Å². The van der Waals surface area contributed by atoms with E-state index >= 15 is 0 Å². The molecular weight excluding hydrogens is 248 g/mol. The highest BCUT2D eigenvalue weighted by Crippen LogP contribution is 2.33. The summed E-state index contributed by atoms with van der Waals surface area (Å²) in [5.74, 6) is 0. The molecule has 20 heavy (non-hydrogen) atoms. The lowest BCUT2D eigenvalue weighted by molar-refractivity contribution is -0.0864. The van der Waals surface area contributed by atoms with E-state index in [1.807, 2.05) is 12.1 Å². The van der Waals surface area contributed by atoms with Crippen molar-refractivity contribution < 1.29 is 4.74 Å². The van der Waals surface area contributed by atoms with E-state index in [2.05, 4.69) is 38.2 Å². The van der Waals surface area contributed by atoms with Gasteiger partial charge in [-0.2, -0.15) is 5.26 Å². The molecule has 1 aliphatic heterocycles. The zero-order valence-corrected chi connectivity index (χ0v) is 12.7. The molecule has 0 amide bonds. The van der Waals surface area contributed by atoms with Crippen LogP contribution in [0, 0.1) is 18.3 Å². The van der Waals surface area contributed by atoms with E-state index in [4.69, 9.17) is 4.74 Å². The van der Waals surface area contributed by atoms with E-state index in [-0.39, 0.29) is 5.60 Å². The molecule has 3 heteroatoms. The lowest BCUT2D eigenvalue weighted by atomic mass is 9.85. The molecule has 1 unspecified atom stereocenters. The second kappa shape index (κ2) is 6.28. The van der Waals surface area contributed by atoms with Crippen LogP contribution in [0.3, 0.4) is 0 Å². The number of rotatable bonds is 4. The Morgan fingerprint density at radius 3 is 2.80 bits per heavy atom. The average molecular weight is 272 g/mol. The fourth-order valence-corrected chi connectivity index (χ4v) is 3.05. The number of nitriles is 1. The molecular formula is C17H24N2O. The summed E-state index contributed by atoms with van der Waals surface area (Å²) < 4.78 is 6.01. The van der Waals surface area contributed by atoms with Crippen LogP contribution in [0.4, 0.5) is 5.69 Å². The summed E-state index contributed by atoms with van der Waals surface area (Å²) in [7, 11) is 0. The molecule has 1 aliphatic rings. The van der Waals surface area contributed by atoms with Gasteiger partial charge in [-0.05, 0) is 44.2 Å². The number of nitrogens with zero attached hydrogens (tertiary/aromatic N) is 1. The monoisotopic (exact) mass is 272 g/mol. The van der Waals surface area contributed by atoms with Gasteiger partial charge in [0.2, 0.25) is 0 Å². The predicted octanol–water partition coefficient (Wildman–Crippen LogP) is 4.02. The van der Waals surface area contributed by atoms with Gasteiger partial charge in [0.05, 0.1) is 16.9 Å². The van der Waals surface area contributed by atoms with Gasteiger partial charge in [0.15, 0.2) is 0 Å². The quantitative estimate of drug-likeness (QED) is 0.900. The molecule has 2 rings (SSSR count). The van der Waals surface area contributed by atoms with Crippen molar-refractivity contribution in [1.82, 2.24) is 0 Å². The second-order valence-corrected chi connectivity index (χ2v) is 5.68. The van der Waals surface area contributed by atoms with Crippen molar-refractivity contribution in [1.29, 1.82) is 5.26 Å². The molecule has 1 aromatic rings. The number of nitrogens with one attached hydrogen (secondary N) is 1. The second-order valence-electron chi connectivity index (χ2n) is 5.68. The predicted molar refractivity (Wildman–Crippen MR) is 81.8 cm³/mol. The molecule has 0 spiro atoms. The van der Waals surface area contributed by atoms with E-state index in [9.17, 15) is 5.26 Å². The highest BCUT2D eigenvalue weighted by Gasteiger charge is 2.34. The zero-order valence-electron chi connectivity index (χ0n) is 12.7. The molecule has 0 bridgehead atoms. The van der Waals surface area contributed by atoms with Gasteiger partial charge in [-0.25, -0.2) is 0 Å². The van der Waals surface area contributed by atoms with Crippen LogP contribution in [0.2, 0.25) is 0 Å². The van der Waals surface area contributed by atoms with Gasteiger partial charge in [0.25, 0.3) is 0 Å². The van der Waals surface area contributed by atoms with Gasteiger partial charge < -0.3 is 10.1 Å². The largest absolute Gasteiger partial charge is 0.381 e. The standard InChI is InChI=1S/C17H24N2O/c1-4-17(5-2)11-15(9-10-20-17)19-16-13(3)7-6-8-14(16)12-18/h6-8,15,19H,4-5,9-11H2,1-3H3. The van der Waals surface area contributed by atoms with Crippen LogP contribution in [0.5, 0.6) is 0 Å². The van der Waals surface area contributed by atoms with Crippen molar-refractivity contribution in [2.75, 3.05) is 11.9 Å². The van der Waals surface area contributed by atoms with Gasteiger partial charge in [0.1, 0.15) is 6.07 Å². The number of benzene rings is 1. The van der Waals surface area contributed by atoms with Gasteiger partial charge in [-0.3, -0.25) is 0 Å². The minimum Gasteiger partial charge on any atom is -0.381 e. The molecule has 1 aromatic carbocycles. The maximum absolute atomic E-state index is 9.25. The molecule has 1 atom stereocenters. The SMILES string of the molecule is CCC1(CC)CC(Nc2c(C)cccc2C#N)CCO1. The number of hydrogen-bond donors (Lipinski definition) is 1. The van der Waals surface area contributed by atoms with E-state index in [0.29, 0.717) is 6.04 Å². The summed E-state index contributed by atoms with van der Waals surface area (Å²) in [4.78, 5) is 0. The number of hydrogen-bond acceptors (Lipinski definition) is 3. The van der Waals surface area contributed by atoms with E-state index in [0.717, 1.165) is 49.1 Å². The Labute approximate surface area is 121 Å². The average Bonchev–Trinajstić information content (AvgIpc) is 2.49. The fourth-order valence-electron chi connectivity index (χ4n) is 3.05. The minimum absolute atomic E-state index is 0.00537. The first-order valence-corrected chi connectivity index (χ1v) is 7.54. The summed E-state index contributed by atoms with van der Waals surface area (Å²) in [5, 5.41) is 12.8. The molecule has 1 heterocycles. The van der Waals surface area contributed by atoms with Crippen molar-refractivity contribution in [2.45, 2.75) is 58.1 Å². The van der Waals surface area contributed by atoms with Crippen LogP contribution in [0.1, 0.15) is 50.7 Å². The molecule has 1 fully saturated rings. The Morgan fingerprint density at radius 2 is 2.15 bits per heavy atom. The Hall–Kier alpha value is -1.53. The molecule has 1 N–H and O–H groups in total. The van der Waals surface area contributed by atoms with Crippen LogP contribution in [-0.4, -0.2) is 18.2 Å². The van der Waals surface area contributed by atoms with Gasteiger partial charge >= 0.3 is 0 Å². The lowest BCUT2D eigenvalue weighted by Gasteiger charge is -2.40. The Bertz CT molecular complexity index is 500. The normalized spacial score (nSPS) is 21.2. The van der Waals surface area contributed by atoms with Gasteiger partial charge in [-0.1, -0.05) is 26.0 Å². The third-order valence-corrected chi connectivity index (χ3v) is 4.52. The molecule has 3 nitrogen and oxygen atoms in total. The Kier molecular flexibility index (Phi) is 4.67. The topological polar surface area (TPSA) is 45.0 Å². The number of ether oxygens (including phenoxy) is 1. The summed E-state index contributed by atoms with van der Waals surface area (Å²) in [6.07, 6.45) is 4.10. The van der Waals surface area contributed by atoms with Crippen LogP contribution in [-0.2, 0) is 4.74 Å². The first kappa shape index (κ1) is 14.9. The van der Waals surface area contributed by atoms with Gasteiger partial charge in [-0.15, -0.1) is 0 Å². The van der Waals surface area contributed by atoms with Gasteiger partial charge in [0, 0.05) is 12.6 Å². The van der Waals surface area contributed by atoms with Crippen LogP contribution in [0.15, 0.2) is 18.2 Å². The minimum atomic E-state index is 0.00537. The summed E-state index contributed by atoms with van der Waals surface area (Å²) in [5.41, 5.74) is 2.86. The maximum atomic E-state index is 9.25. The number of aryl methyl sites for hydroxylation is 1. The third kappa shape index (κ3) is 2.96. The molecule has 0 saturated carbocycles. The number of para-hydroxylation sites is 1. The van der Waals surface area contributed by atoms with Crippen LogP contribution >= 0.6 is 0 Å². The van der Waals surface area contributed by atoms with Crippen molar-refractivity contribution in [3.63, 3.8) is 0 Å². The maximum Gasteiger partial charge on any atom is 0.101 e. The molecule has 0 radical (unpaired) electrons. The van der Waals surface area contributed by atoms with Crippen LogP contribution < -0.4 is 5.32 Å². The Balaban J connectivity index is 2.17. The van der Waals surface area contributed by atoms with E-state index in [1.165, 1.54) is 0 Å². The van der Waals surface area contributed by atoms with Crippen molar-refractivity contribution in [3.8, 4) is 6.07 Å². The summed E-state index contributed by atoms with van der Waals surface area (Å²) >= 11 is 0. The highest BCUT2D eigenvalue weighted by molar-refractivity contribution is 5.62. The fraction of sp³-hybridized carbons (Fsp3) is 0.588. The van der Waals surface area contributed by atoms with Crippen molar-refractivity contribution >= 4 is 5.69 Å². The molecule has 108 valence electrons. The summed E-state index contributed by atoms with van der Waals surface area (Å²) in [6, 6.07) is 8.53. The smallest absolute Gasteiger partial charge is 0.101 e. The molecule has 0 aromatic heterocycles. The highest BCUT2D eigenvalue weighted by atomic mass is 16.5. The lowest BCUT2D eigenvalue weighted by Crippen LogP contribution is -2.43. The summed E-state index contributed by atoms with van der Waals surface area (Å²) in [6.45, 7) is 7.24. The molecule has 0 aliphatic carbocycles. The van der Waals surface area contributed by atoms with Crippen molar-refractivity contribution in [3.05, 3.63) is 29.3 Å². The van der Waals surface area contributed by atoms with E-state index in [1.54, 1.807) is 0 Å². The molecule has 1 saturated heterocycles. The zero-order chi connectivity index (χ0) is 14.6. The third-order valence-electron chi connectivity index (χ3n) is 4.52. The first-order chi connectivity index (χ1) is 9.64.